The summed E-state index contributed by atoms with van der Waals surface area (Å²) in [6.07, 6.45) is 0. The molecular weight excluding hydrogens is 416 g/mol. The van der Waals surface area contributed by atoms with Gasteiger partial charge in [-0.2, -0.15) is 0 Å². The maximum Gasteiger partial charge on any atom is 0.260 e. The second-order valence-corrected chi connectivity index (χ2v) is 8.22. The fourth-order valence-corrected chi connectivity index (χ4v) is 4.86. The van der Waals surface area contributed by atoms with Gasteiger partial charge in [-0.1, -0.05) is 70.2 Å². The number of aromatic nitrogens is 2. The highest BCUT2D eigenvalue weighted by Crippen LogP contribution is 2.31. The van der Waals surface area contributed by atoms with E-state index >= 15 is 0 Å². The topological polar surface area (TPSA) is 45.8 Å². The molecule has 6 heteroatoms. The third-order valence-electron chi connectivity index (χ3n) is 3.77. The predicted molar refractivity (Wildman–Crippen MR) is 109 cm³/mol. The van der Waals surface area contributed by atoms with Gasteiger partial charge in [0, 0.05) is 21.2 Å². The Kier molecular flexibility index (Phi) is 4.74. The summed E-state index contributed by atoms with van der Waals surface area (Å²) in [5, 5.41) is 3.33. The Hall–Kier alpha value is -1.89. The van der Waals surface area contributed by atoms with Crippen LogP contribution < -0.4 is 5.56 Å². The van der Waals surface area contributed by atoms with Gasteiger partial charge in [-0.25, -0.2) is 4.98 Å². The quantitative estimate of drug-likeness (QED) is 0.334. The fraction of sp³-hybridized carbons (Fsp3) is 0.0526. The average Bonchev–Trinajstić information content (AvgIpc) is 3.05. The second kappa shape index (κ2) is 7.15. The first-order valence-corrected chi connectivity index (χ1v) is 10.3. The van der Waals surface area contributed by atoms with Crippen LogP contribution >= 0.6 is 39.0 Å². The van der Waals surface area contributed by atoms with Crippen molar-refractivity contribution in [1.82, 2.24) is 9.97 Å². The average molecular weight is 429 g/mol. The van der Waals surface area contributed by atoms with Crippen molar-refractivity contribution in [3.05, 3.63) is 80.4 Å². The Morgan fingerprint density at radius 3 is 2.76 bits per heavy atom. The second-order valence-electron chi connectivity index (χ2n) is 5.49. The van der Waals surface area contributed by atoms with Gasteiger partial charge in [-0.3, -0.25) is 4.79 Å². The largest absolute Gasteiger partial charge is 0.301 e. The maximum absolute atomic E-state index is 12.6. The predicted octanol–water partition coefficient (Wildman–Crippen LogP) is 5.71. The number of halogens is 1. The minimum Gasteiger partial charge on any atom is -0.301 e. The molecule has 2 aromatic heterocycles. The molecule has 25 heavy (non-hydrogen) atoms. The van der Waals surface area contributed by atoms with Crippen LogP contribution in [0.5, 0.6) is 0 Å². The lowest BCUT2D eigenvalue weighted by Crippen LogP contribution is -2.08. The SMILES string of the molecule is O=c1[nH]c(SCc2cccc(Br)c2)nc2scc(-c3ccccc3)c12. The summed E-state index contributed by atoms with van der Waals surface area (Å²) < 4.78 is 1.05. The van der Waals surface area contributed by atoms with Gasteiger partial charge in [0.05, 0.1) is 5.39 Å². The van der Waals surface area contributed by atoms with E-state index in [1.54, 1.807) is 0 Å². The molecule has 0 spiro atoms. The fourth-order valence-electron chi connectivity index (χ4n) is 2.61. The first-order chi connectivity index (χ1) is 12.2. The molecule has 0 aliphatic carbocycles. The van der Waals surface area contributed by atoms with Gasteiger partial charge in [-0.15, -0.1) is 11.3 Å². The molecule has 0 saturated heterocycles. The first-order valence-electron chi connectivity index (χ1n) is 7.65. The molecule has 1 N–H and O–H groups in total. The molecule has 0 amide bonds. The van der Waals surface area contributed by atoms with Crippen molar-refractivity contribution in [2.45, 2.75) is 10.9 Å². The van der Waals surface area contributed by atoms with E-state index in [0.717, 1.165) is 26.2 Å². The van der Waals surface area contributed by atoms with Crippen LogP contribution in [0.1, 0.15) is 5.56 Å². The third-order valence-corrected chi connectivity index (χ3v) is 6.08. The van der Waals surface area contributed by atoms with Crippen LogP contribution in [-0.2, 0) is 5.75 Å². The Morgan fingerprint density at radius 1 is 1.12 bits per heavy atom. The summed E-state index contributed by atoms with van der Waals surface area (Å²) in [4.78, 5) is 20.9. The molecule has 2 heterocycles. The summed E-state index contributed by atoms with van der Waals surface area (Å²) >= 11 is 6.52. The lowest BCUT2D eigenvalue weighted by Gasteiger charge is -2.03. The number of benzene rings is 2. The minimum absolute atomic E-state index is 0.0816. The van der Waals surface area contributed by atoms with Crippen LogP contribution in [0.4, 0.5) is 0 Å². The van der Waals surface area contributed by atoms with Crippen LogP contribution in [0.2, 0.25) is 0 Å². The van der Waals surface area contributed by atoms with Gasteiger partial charge in [0.25, 0.3) is 5.56 Å². The summed E-state index contributed by atoms with van der Waals surface area (Å²) in [6, 6.07) is 18.1. The highest BCUT2D eigenvalue weighted by Gasteiger charge is 2.13. The lowest BCUT2D eigenvalue weighted by molar-refractivity contribution is 0.980. The van der Waals surface area contributed by atoms with E-state index < -0.39 is 0 Å². The molecule has 124 valence electrons. The molecule has 3 nitrogen and oxygen atoms in total. The minimum atomic E-state index is -0.0816. The summed E-state index contributed by atoms with van der Waals surface area (Å²) in [5.74, 6) is 0.755. The summed E-state index contributed by atoms with van der Waals surface area (Å²) in [6.45, 7) is 0. The molecule has 4 aromatic rings. The number of fused-ring (bicyclic) bond motifs is 1. The zero-order chi connectivity index (χ0) is 17.2. The van der Waals surface area contributed by atoms with Crippen molar-refractivity contribution in [3.8, 4) is 11.1 Å². The standard InChI is InChI=1S/C19H13BrN2OS2/c20-14-8-4-5-12(9-14)10-25-19-21-17(23)16-15(11-24-18(16)22-19)13-6-2-1-3-7-13/h1-9,11H,10H2,(H,21,22,23). The van der Waals surface area contributed by atoms with Crippen molar-refractivity contribution in [3.63, 3.8) is 0 Å². The smallest absolute Gasteiger partial charge is 0.260 e. The van der Waals surface area contributed by atoms with E-state index in [1.807, 2.05) is 47.8 Å². The van der Waals surface area contributed by atoms with Crippen LogP contribution in [-0.4, -0.2) is 9.97 Å². The van der Waals surface area contributed by atoms with Crippen molar-refractivity contribution in [2.75, 3.05) is 0 Å². The highest BCUT2D eigenvalue weighted by atomic mass is 79.9. The van der Waals surface area contributed by atoms with E-state index in [4.69, 9.17) is 0 Å². The van der Waals surface area contributed by atoms with Crippen LogP contribution in [0.25, 0.3) is 21.3 Å². The number of thiophene rings is 1. The number of aromatic amines is 1. The lowest BCUT2D eigenvalue weighted by atomic mass is 10.1. The number of hydrogen-bond donors (Lipinski definition) is 1. The molecule has 2 aromatic carbocycles. The van der Waals surface area contributed by atoms with Crippen LogP contribution in [0.15, 0.2) is 74.4 Å². The summed E-state index contributed by atoms with van der Waals surface area (Å²) in [5.41, 5.74) is 3.08. The zero-order valence-electron chi connectivity index (χ0n) is 13.0. The maximum atomic E-state index is 12.6. The number of rotatable bonds is 4. The number of hydrogen-bond acceptors (Lipinski definition) is 4. The van der Waals surface area contributed by atoms with Gasteiger partial charge in [0.15, 0.2) is 5.16 Å². The van der Waals surface area contributed by atoms with E-state index in [1.165, 1.54) is 28.7 Å². The van der Waals surface area contributed by atoms with Crippen molar-refractivity contribution >= 4 is 49.2 Å². The first kappa shape index (κ1) is 16.6. The van der Waals surface area contributed by atoms with Crippen LogP contribution in [0, 0.1) is 0 Å². The number of thioether (sulfide) groups is 1. The van der Waals surface area contributed by atoms with Gasteiger partial charge < -0.3 is 4.98 Å². The van der Waals surface area contributed by atoms with E-state index in [2.05, 4.69) is 38.0 Å². The van der Waals surface area contributed by atoms with Gasteiger partial charge in [-0.05, 0) is 23.3 Å². The molecule has 4 rings (SSSR count). The number of H-pyrrole nitrogens is 1. The molecule has 0 bridgehead atoms. The molecule has 0 fully saturated rings. The molecule has 0 aliphatic heterocycles. The number of nitrogens with zero attached hydrogens (tertiary/aromatic N) is 1. The van der Waals surface area contributed by atoms with Crippen molar-refractivity contribution in [1.29, 1.82) is 0 Å². The van der Waals surface area contributed by atoms with Crippen molar-refractivity contribution < 1.29 is 0 Å². The monoisotopic (exact) mass is 428 g/mol. The Bertz CT molecular complexity index is 1090. The highest BCUT2D eigenvalue weighted by molar-refractivity contribution is 9.10. The normalized spacial score (nSPS) is 11.1. The molecular formula is C19H13BrN2OS2. The van der Waals surface area contributed by atoms with E-state index in [-0.39, 0.29) is 5.56 Å². The molecule has 0 unspecified atom stereocenters. The molecule has 0 radical (unpaired) electrons. The van der Waals surface area contributed by atoms with E-state index in [0.29, 0.717) is 10.5 Å². The third kappa shape index (κ3) is 3.56. The van der Waals surface area contributed by atoms with Crippen molar-refractivity contribution in [2.24, 2.45) is 0 Å². The van der Waals surface area contributed by atoms with Gasteiger partial charge in [0.2, 0.25) is 0 Å². The summed E-state index contributed by atoms with van der Waals surface area (Å²) in [7, 11) is 0. The van der Waals surface area contributed by atoms with Gasteiger partial charge in [0.1, 0.15) is 4.83 Å². The molecule has 0 aliphatic rings. The van der Waals surface area contributed by atoms with Crippen LogP contribution in [0.3, 0.4) is 0 Å². The number of nitrogens with one attached hydrogen (secondary N) is 1. The Labute approximate surface area is 161 Å². The molecule has 0 atom stereocenters. The molecule has 0 saturated carbocycles. The zero-order valence-corrected chi connectivity index (χ0v) is 16.2. The van der Waals surface area contributed by atoms with Gasteiger partial charge >= 0.3 is 0 Å². The Morgan fingerprint density at radius 2 is 1.96 bits per heavy atom. The Balaban J connectivity index is 1.66. The van der Waals surface area contributed by atoms with E-state index in [9.17, 15) is 4.79 Å².